The van der Waals surface area contributed by atoms with Crippen molar-refractivity contribution < 1.29 is 14.4 Å². The second-order valence-electron chi connectivity index (χ2n) is 4.82. The molecule has 0 radical (unpaired) electrons. The van der Waals surface area contributed by atoms with Crippen LogP contribution in [0.1, 0.15) is 6.42 Å². The zero-order chi connectivity index (χ0) is 14.6. The Morgan fingerprint density at radius 2 is 2.20 bits per heavy atom. The van der Waals surface area contributed by atoms with Crippen molar-refractivity contribution in [3.05, 3.63) is 28.3 Å². The number of hydrogen-bond acceptors (Lipinski definition) is 6. The number of nitro benzene ring substituents is 1. The molecule has 1 aliphatic heterocycles. The van der Waals surface area contributed by atoms with E-state index in [0.29, 0.717) is 31.1 Å². The van der Waals surface area contributed by atoms with Crippen LogP contribution in [0.15, 0.2) is 18.2 Å². The van der Waals surface area contributed by atoms with Gasteiger partial charge in [-0.25, -0.2) is 0 Å². The van der Waals surface area contributed by atoms with Crippen LogP contribution in [-0.2, 0) is 9.47 Å². The molecule has 0 bridgehead atoms. The average molecular weight is 281 g/mol. The predicted molar refractivity (Wildman–Crippen MR) is 76.3 cm³/mol. The van der Waals surface area contributed by atoms with Gasteiger partial charge >= 0.3 is 0 Å². The summed E-state index contributed by atoms with van der Waals surface area (Å²) < 4.78 is 10.9. The summed E-state index contributed by atoms with van der Waals surface area (Å²) in [5.74, 6) is 0. The fourth-order valence-corrected chi connectivity index (χ4v) is 2.19. The number of non-ortho nitro benzene ring substituents is 1. The molecule has 110 valence electrons. The first-order valence-corrected chi connectivity index (χ1v) is 6.42. The van der Waals surface area contributed by atoms with Crippen molar-refractivity contribution >= 4 is 17.1 Å². The highest BCUT2D eigenvalue weighted by molar-refractivity contribution is 5.63. The van der Waals surface area contributed by atoms with Crippen LogP contribution in [0.3, 0.4) is 0 Å². The maximum atomic E-state index is 10.9. The Balaban J connectivity index is 2.12. The Morgan fingerprint density at radius 1 is 1.45 bits per heavy atom. The van der Waals surface area contributed by atoms with Crippen molar-refractivity contribution in [3.63, 3.8) is 0 Å². The van der Waals surface area contributed by atoms with Crippen molar-refractivity contribution in [2.24, 2.45) is 0 Å². The molecule has 1 fully saturated rings. The Kier molecular flexibility index (Phi) is 4.41. The quantitative estimate of drug-likeness (QED) is 0.611. The number of rotatable bonds is 6. The van der Waals surface area contributed by atoms with Crippen LogP contribution < -0.4 is 10.6 Å². The Labute approximate surface area is 117 Å². The molecule has 7 heteroatoms. The number of hydrogen-bond donors (Lipinski definition) is 2. The monoisotopic (exact) mass is 281 g/mol. The molecule has 2 rings (SSSR count). The SMILES string of the molecule is CNc1cc(NCC2(OC)CCOC2)cc([N+](=O)[O-])c1. The highest BCUT2D eigenvalue weighted by atomic mass is 16.6. The summed E-state index contributed by atoms with van der Waals surface area (Å²) in [6.07, 6.45) is 0.810. The van der Waals surface area contributed by atoms with Gasteiger partial charge in [-0.3, -0.25) is 10.1 Å². The van der Waals surface area contributed by atoms with E-state index in [-0.39, 0.29) is 11.3 Å². The van der Waals surface area contributed by atoms with Crippen LogP contribution in [0, 0.1) is 10.1 Å². The van der Waals surface area contributed by atoms with Gasteiger partial charge in [0.25, 0.3) is 5.69 Å². The smallest absolute Gasteiger partial charge is 0.273 e. The van der Waals surface area contributed by atoms with Crippen LogP contribution in [0.4, 0.5) is 17.1 Å². The maximum Gasteiger partial charge on any atom is 0.273 e. The Morgan fingerprint density at radius 3 is 2.75 bits per heavy atom. The van der Waals surface area contributed by atoms with Gasteiger partial charge in [-0.2, -0.15) is 0 Å². The van der Waals surface area contributed by atoms with Crippen molar-refractivity contribution in [1.29, 1.82) is 0 Å². The molecule has 0 aliphatic carbocycles. The molecule has 1 aromatic carbocycles. The molecule has 0 spiro atoms. The molecule has 7 nitrogen and oxygen atoms in total. The van der Waals surface area contributed by atoms with Gasteiger partial charge in [-0.15, -0.1) is 0 Å². The molecule has 0 aromatic heterocycles. The second kappa shape index (κ2) is 6.06. The van der Waals surface area contributed by atoms with Crippen LogP contribution in [-0.4, -0.2) is 44.4 Å². The van der Waals surface area contributed by atoms with E-state index in [0.717, 1.165) is 6.42 Å². The lowest BCUT2D eigenvalue weighted by atomic mass is 10.0. The summed E-state index contributed by atoms with van der Waals surface area (Å²) in [6, 6.07) is 4.84. The standard InChI is InChI=1S/C13H19N3O4/c1-14-10-5-11(7-12(6-10)16(17)18)15-8-13(19-2)3-4-20-9-13/h5-7,14-15H,3-4,8-9H2,1-2H3. The number of ether oxygens (including phenoxy) is 2. The summed E-state index contributed by atoms with van der Waals surface area (Å²) in [5, 5.41) is 17.0. The topological polar surface area (TPSA) is 85.7 Å². The predicted octanol–water partition coefficient (Wildman–Crippen LogP) is 1.85. The first kappa shape index (κ1) is 14.5. The number of nitro groups is 1. The minimum atomic E-state index is -0.406. The molecule has 0 amide bonds. The van der Waals surface area contributed by atoms with Crippen LogP contribution >= 0.6 is 0 Å². The number of nitrogens with zero attached hydrogens (tertiary/aromatic N) is 1. The van der Waals surface area contributed by atoms with Gasteiger partial charge in [0.1, 0.15) is 5.60 Å². The first-order valence-electron chi connectivity index (χ1n) is 6.42. The van der Waals surface area contributed by atoms with Crippen molar-refractivity contribution in [2.75, 3.05) is 44.5 Å². The lowest BCUT2D eigenvalue weighted by molar-refractivity contribution is -0.384. The van der Waals surface area contributed by atoms with E-state index in [1.165, 1.54) is 12.1 Å². The van der Waals surface area contributed by atoms with E-state index in [2.05, 4.69) is 10.6 Å². The first-order chi connectivity index (χ1) is 9.58. The van der Waals surface area contributed by atoms with E-state index in [1.54, 1.807) is 14.2 Å². The summed E-state index contributed by atoms with van der Waals surface area (Å²) in [7, 11) is 3.38. The van der Waals surface area contributed by atoms with Crippen molar-refractivity contribution in [2.45, 2.75) is 12.0 Å². The third-order valence-electron chi connectivity index (χ3n) is 3.53. The van der Waals surface area contributed by atoms with Crippen molar-refractivity contribution in [3.8, 4) is 0 Å². The number of methoxy groups -OCH3 is 1. The normalized spacial score (nSPS) is 21.7. The molecule has 1 aromatic rings. The van der Waals surface area contributed by atoms with Crippen LogP contribution in [0.2, 0.25) is 0 Å². The van der Waals surface area contributed by atoms with Crippen molar-refractivity contribution in [1.82, 2.24) is 0 Å². The van der Waals surface area contributed by atoms with Gasteiger partial charge in [-0.05, 0) is 6.07 Å². The molecule has 1 atom stereocenters. The van der Waals surface area contributed by atoms with E-state index in [9.17, 15) is 10.1 Å². The zero-order valence-corrected chi connectivity index (χ0v) is 11.6. The lowest BCUT2D eigenvalue weighted by Gasteiger charge is -2.26. The molecule has 1 aliphatic rings. The average Bonchev–Trinajstić information content (AvgIpc) is 2.94. The summed E-state index contributed by atoms with van der Waals surface area (Å²) >= 11 is 0. The molecule has 1 saturated heterocycles. The summed E-state index contributed by atoms with van der Waals surface area (Å²) in [6.45, 7) is 1.75. The van der Waals surface area contributed by atoms with Gasteiger partial charge in [0, 0.05) is 57.2 Å². The summed E-state index contributed by atoms with van der Waals surface area (Å²) in [5.41, 5.74) is 1.07. The van der Waals surface area contributed by atoms with Gasteiger partial charge in [0.15, 0.2) is 0 Å². The fourth-order valence-electron chi connectivity index (χ4n) is 2.19. The Hall–Kier alpha value is -1.86. The third kappa shape index (κ3) is 3.17. The molecule has 1 unspecified atom stereocenters. The highest BCUT2D eigenvalue weighted by Gasteiger charge is 2.34. The largest absolute Gasteiger partial charge is 0.388 e. The maximum absolute atomic E-state index is 10.9. The van der Waals surface area contributed by atoms with Gasteiger partial charge in [0.2, 0.25) is 0 Å². The highest BCUT2D eigenvalue weighted by Crippen LogP contribution is 2.27. The molecule has 2 N–H and O–H groups in total. The Bertz CT molecular complexity index is 487. The minimum Gasteiger partial charge on any atom is -0.388 e. The number of anilines is 2. The number of nitrogens with one attached hydrogen (secondary N) is 2. The minimum absolute atomic E-state index is 0.0495. The van der Waals surface area contributed by atoms with Crippen LogP contribution in [0.25, 0.3) is 0 Å². The number of benzene rings is 1. The van der Waals surface area contributed by atoms with Crippen LogP contribution in [0.5, 0.6) is 0 Å². The summed E-state index contributed by atoms with van der Waals surface area (Å²) in [4.78, 5) is 10.5. The molecular weight excluding hydrogens is 262 g/mol. The van der Waals surface area contributed by atoms with E-state index in [4.69, 9.17) is 9.47 Å². The molecule has 1 heterocycles. The lowest BCUT2D eigenvalue weighted by Crippen LogP contribution is -2.39. The molecular formula is C13H19N3O4. The van der Waals surface area contributed by atoms with Gasteiger partial charge in [-0.1, -0.05) is 0 Å². The van der Waals surface area contributed by atoms with E-state index < -0.39 is 4.92 Å². The van der Waals surface area contributed by atoms with E-state index >= 15 is 0 Å². The second-order valence-corrected chi connectivity index (χ2v) is 4.82. The zero-order valence-electron chi connectivity index (χ0n) is 11.6. The molecule has 0 saturated carbocycles. The van der Waals surface area contributed by atoms with Gasteiger partial charge in [0.05, 0.1) is 11.5 Å². The fraction of sp³-hybridized carbons (Fsp3) is 0.538. The molecule has 20 heavy (non-hydrogen) atoms. The van der Waals surface area contributed by atoms with E-state index in [1.807, 2.05) is 6.07 Å². The van der Waals surface area contributed by atoms with Gasteiger partial charge < -0.3 is 20.1 Å². The third-order valence-corrected chi connectivity index (χ3v) is 3.53.